The molecule has 0 radical (unpaired) electrons. The number of benzene rings is 1. The molecule has 0 amide bonds. The molecule has 94 valence electrons. The van der Waals surface area contributed by atoms with Gasteiger partial charge in [0.15, 0.2) is 0 Å². The van der Waals surface area contributed by atoms with Gasteiger partial charge in [-0.2, -0.15) is 0 Å². The third kappa shape index (κ3) is 3.20. The lowest BCUT2D eigenvalue weighted by Gasteiger charge is -2.20. The Kier molecular flexibility index (Phi) is 4.02. The van der Waals surface area contributed by atoms with E-state index in [9.17, 15) is 5.11 Å². The van der Waals surface area contributed by atoms with Crippen LogP contribution in [0, 0.1) is 0 Å². The second-order valence-electron chi connectivity index (χ2n) is 5.08. The molecule has 1 atom stereocenters. The van der Waals surface area contributed by atoms with Gasteiger partial charge in [-0.05, 0) is 32.9 Å². The van der Waals surface area contributed by atoms with E-state index in [-0.39, 0.29) is 0 Å². The van der Waals surface area contributed by atoms with Crippen LogP contribution in [0.3, 0.4) is 0 Å². The van der Waals surface area contributed by atoms with Crippen molar-refractivity contribution in [1.29, 1.82) is 0 Å². The molecule has 1 aromatic rings. The van der Waals surface area contributed by atoms with Crippen molar-refractivity contribution < 1.29 is 5.11 Å². The van der Waals surface area contributed by atoms with Crippen LogP contribution in [-0.2, 0) is 6.54 Å². The summed E-state index contributed by atoms with van der Waals surface area (Å²) < 4.78 is 0. The number of hydrogen-bond donors (Lipinski definition) is 2. The zero-order valence-electron chi connectivity index (χ0n) is 10.7. The Morgan fingerprint density at radius 3 is 2.82 bits per heavy atom. The van der Waals surface area contributed by atoms with Gasteiger partial charge in [0.25, 0.3) is 0 Å². The van der Waals surface area contributed by atoms with E-state index in [1.54, 1.807) is 6.07 Å². The zero-order valence-corrected chi connectivity index (χ0v) is 10.7. The van der Waals surface area contributed by atoms with Crippen molar-refractivity contribution in [1.82, 2.24) is 10.2 Å². The number of phenols is 1. The van der Waals surface area contributed by atoms with Crippen molar-refractivity contribution in [2.45, 2.75) is 38.9 Å². The number of para-hydroxylation sites is 1. The molecule has 0 bridgehead atoms. The van der Waals surface area contributed by atoms with Gasteiger partial charge >= 0.3 is 0 Å². The fourth-order valence-corrected chi connectivity index (χ4v) is 2.34. The van der Waals surface area contributed by atoms with Crippen molar-refractivity contribution in [3.63, 3.8) is 0 Å². The molecule has 17 heavy (non-hydrogen) atoms. The molecule has 2 N–H and O–H groups in total. The van der Waals surface area contributed by atoms with Gasteiger partial charge in [-0.25, -0.2) is 0 Å². The highest BCUT2D eigenvalue weighted by Crippen LogP contribution is 2.17. The van der Waals surface area contributed by atoms with Crippen LogP contribution >= 0.6 is 0 Å². The van der Waals surface area contributed by atoms with E-state index in [0.717, 1.165) is 18.7 Å². The summed E-state index contributed by atoms with van der Waals surface area (Å²) in [6.45, 7) is 7.53. The van der Waals surface area contributed by atoms with E-state index in [2.05, 4.69) is 24.1 Å². The van der Waals surface area contributed by atoms with Crippen LogP contribution in [0.4, 0.5) is 0 Å². The maximum absolute atomic E-state index is 9.67. The number of aromatic hydroxyl groups is 1. The molecule has 0 aromatic heterocycles. The normalized spacial score (nSPS) is 21.2. The lowest BCUT2D eigenvalue weighted by Crippen LogP contribution is -2.34. The fourth-order valence-electron chi connectivity index (χ4n) is 2.34. The molecule has 0 saturated carbocycles. The molecule has 3 heteroatoms. The highest BCUT2D eigenvalue weighted by molar-refractivity contribution is 5.31. The van der Waals surface area contributed by atoms with E-state index in [1.807, 2.05) is 18.2 Å². The minimum Gasteiger partial charge on any atom is -0.508 e. The first kappa shape index (κ1) is 12.4. The maximum atomic E-state index is 9.67. The Hall–Kier alpha value is -1.06. The Balaban J connectivity index is 1.82. The predicted molar refractivity (Wildman–Crippen MR) is 70.1 cm³/mol. The van der Waals surface area contributed by atoms with Crippen molar-refractivity contribution in [2.75, 3.05) is 13.1 Å². The van der Waals surface area contributed by atoms with Crippen LogP contribution in [0.2, 0.25) is 0 Å². The van der Waals surface area contributed by atoms with Gasteiger partial charge in [0.05, 0.1) is 0 Å². The van der Waals surface area contributed by atoms with Gasteiger partial charge < -0.3 is 10.4 Å². The van der Waals surface area contributed by atoms with Gasteiger partial charge in [0, 0.05) is 30.7 Å². The molecule has 1 heterocycles. The summed E-state index contributed by atoms with van der Waals surface area (Å²) in [6, 6.07) is 8.72. The van der Waals surface area contributed by atoms with Crippen LogP contribution in [-0.4, -0.2) is 35.2 Å². The maximum Gasteiger partial charge on any atom is 0.120 e. The average Bonchev–Trinajstić information content (AvgIpc) is 2.77. The van der Waals surface area contributed by atoms with E-state index >= 15 is 0 Å². The number of nitrogens with one attached hydrogen (secondary N) is 1. The third-order valence-electron chi connectivity index (χ3n) is 3.52. The smallest absolute Gasteiger partial charge is 0.120 e. The minimum atomic E-state index is 0.388. The number of phenolic OH excluding ortho intramolecular Hbond substituents is 1. The molecule has 1 aromatic carbocycles. The van der Waals surface area contributed by atoms with Crippen LogP contribution in [0.1, 0.15) is 25.8 Å². The largest absolute Gasteiger partial charge is 0.508 e. The second kappa shape index (κ2) is 5.52. The summed E-state index contributed by atoms with van der Waals surface area (Å²) in [7, 11) is 0. The van der Waals surface area contributed by atoms with Crippen molar-refractivity contribution >= 4 is 0 Å². The van der Waals surface area contributed by atoms with Crippen LogP contribution < -0.4 is 5.32 Å². The lowest BCUT2D eigenvalue weighted by atomic mass is 10.2. The molecule has 0 aliphatic carbocycles. The molecule has 1 saturated heterocycles. The van der Waals surface area contributed by atoms with Gasteiger partial charge in [0.2, 0.25) is 0 Å². The van der Waals surface area contributed by atoms with Crippen LogP contribution in [0.5, 0.6) is 5.75 Å². The lowest BCUT2D eigenvalue weighted by molar-refractivity contribution is 0.268. The summed E-state index contributed by atoms with van der Waals surface area (Å²) in [4.78, 5) is 2.49. The Morgan fingerprint density at radius 2 is 2.18 bits per heavy atom. The summed E-state index contributed by atoms with van der Waals surface area (Å²) in [5, 5.41) is 13.2. The number of rotatable bonds is 4. The topological polar surface area (TPSA) is 35.5 Å². The predicted octanol–water partition coefficient (Wildman–Crippen LogP) is 1.96. The molecule has 3 nitrogen and oxygen atoms in total. The first-order valence-electron chi connectivity index (χ1n) is 6.41. The number of likely N-dealkylation sites (tertiary alicyclic amines) is 1. The van der Waals surface area contributed by atoms with Crippen LogP contribution in [0.15, 0.2) is 24.3 Å². The number of hydrogen-bond acceptors (Lipinski definition) is 3. The Labute approximate surface area is 103 Å². The molecule has 0 spiro atoms. The summed E-state index contributed by atoms with van der Waals surface area (Å²) >= 11 is 0. The van der Waals surface area contributed by atoms with Gasteiger partial charge in [0.1, 0.15) is 5.75 Å². The number of nitrogens with zero attached hydrogens (tertiary/aromatic N) is 1. The van der Waals surface area contributed by atoms with Gasteiger partial charge in [-0.3, -0.25) is 4.90 Å². The monoisotopic (exact) mass is 234 g/mol. The summed E-state index contributed by atoms with van der Waals surface area (Å²) in [5.74, 6) is 0.388. The van der Waals surface area contributed by atoms with Crippen molar-refractivity contribution in [3.8, 4) is 5.75 Å². The van der Waals surface area contributed by atoms with E-state index < -0.39 is 0 Å². The third-order valence-corrected chi connectivity index (χ3v) is 3.52. The quantitative estimate of drug-likeness (QED) is 0.836. The molecule has 1 aliphatic heterocycles. The first-order chi connectivity index (χ1) is 8.16. The van der Waals surface area contributed by atoms with E-state index in [4.69, 9.17) is 0 Å². The molecular formula is C14H22N2O. The van der Waals surface area contributed by atoms with Crippen LogP contribution in [0.25, 0.3) is 0 Å². The first-order valence-corrected chi connectivity index (χ1v) is 6.41. The van der Waals surface area contributed by atoms with Gasteiger partial charge in [-0.1, -0.05) is 18.2 Å². The van der Waals surface area contributed by atoms with E-state index in [0.29, 0.717) is 17.8 Å². The Morgan fingerprint density at radius 1 is 1.41 bits per heavy atom. The molecule has 1 fully saturated rings. The highest BCUT2D eigenvalue weighted by Gasteiger charge is 2.23. The highest BCUT2D eigenvalue weighted by atomic mass is 16.3. The summed E-state index contributed by atoms with van der Waals surface area (Å²) in [5.41, 5.74) is 0.982. The zero-order chi connectivity index (χ0) is 12.3. The fraction of sp³-hybridized carbons (Fsp3) is 0.571. The standard InChI is InChI=1S/C14H22N2O/c1-11(2)16-8-7-13(10-16)15-9-12-5-3-4-6-14(12)17/h3-6,11,13,15,17H,7-10H2,1-2H3. The van der Waals surface area contributed by atoms with E-state index in [1.165, 1.54) is 13.0 Å². The minimum absolute atomic E-state index is 0.388. The second-order valence-corrected chi connectivity index (χ2v) is 5.08. The molecule has 1 aliphatic rings. The van der Waals surface area contributed by atoms with Crippen molar-refractivity contribution in [3.05, 3.63) is 29.8 Å². The molecule has 1 unspecified atom stereocenters. The SMILES string of the molecule is CC(C)N1CCC(NCc2ccccc2O)C1. The molecular weight excluding hydrogens is 212 g/mol. The molecule has 2 rings (SSSR count). The van der Waals surface area contributed by atoms with Gasteiger partial charge in [-0.15, -0.1) is 0 Å². The summed E-state index contributed by atoms with van der Waals surface area (Å²) in [6.07, 6.45) is 1.20. The van der Waals surface area contributed by atoms with Crippen molar-refractivity contribution in [2.24, 2.45) is 0 Å². The Bertz CT molecular complexity index is 365. The average molecular weight is 234 g/mol.